The zero-order chi connectivity index (χ0) is 15.8. The molecule has 0 aromatic heterocycles. The van der Waals surface area contributed by atoms with E-state index in [4.69, 9.17) is 4.74 Å². The molecule has 2 aromatic rings. The Balaban J connectivity index is 2.30. The van der Waals surface area contributed by atoms with Gasteiger partial charge in [-0.3, -0.25) is 4.79 Å². The molecule has 0 saturated heterocycles. The van der Waals surface area contributed by atoms with Crippen LogP contribution in [0.2, 0.25) is 0 Å². The first-order valence-corrected chi connectivity index (χ1v) is 8.20. The minimum Gasteiger partial charge on any atom is -0.465 e. The van der Waals surface area contributed by atoms with Crippen LogP contribution in [0.1, 0.15) is 18.4 Å². The number of carbonyl (C=O) groups is 1. The molecule has 0 saturated carbocycles. The summed E-state index contributed by atoms with van der Waals surface area (Å²) in [6, 6.07) is 19.9. The lowest BCUT2D eigenvalue weighted by atomic mass is 9.95. The van der Waals surface area contributed by atoms with E-state index in [1.165, 1.54) is 11.8 Å². The normalized spacial score (nSPS) is 13.1. The van der Waals surface area contributed by atoms with Crippen molar-refractivity contribution in [2.75, 3.05) is 6.61 Å². The molecular weight excluding hydrogens is 292 g/mol. The average Bonchev–Trinajstić information content (AvgIpc) is 2.57. The number of hydrogen-bond donors (Lipinski definition) is 0. The van der Waals surface area contributed by atoms with Crippen molar-refractivity contribution in [3.8, 4) is 0 Å². The van der Waals surface area contributed by atoms with Gasteiger partial charge >= 0.3 is 5.97 Å². The second-order valence-electron chi connectivity index (χ2n) is 4.78. The quantitative estimate of drug-likeness (QED) is 0.422. The van der Waals surface area contributed by atoms with Crippen LogP contribution in [0.3, 0.4) is 0 Å². The highest BCUT2D eigenvalue weighted by molar-refractivity contribution is 8.00. The van der Waals surface area contributed by atoms with Crippen LogP contribution in [0.25, 0.3) is 0 Å². The SMILES string of the molecule is C=C[C@@H](c1ccccc1)[C@H](Sc1ccccc1)C(=O)OCC. The molecule has 22 heavy (non-hydrogen) atoms. The molecule has 0 aliphatic rings. The fourth-order valence-electron chi connectivity index (χ4n) is 2.25. The van der Waals surface area contributed by atoms with Gasteiger partial charge in [-0.15, -0.1) is 18.3 Å². The average molecular weight is 312 g/mol. The first kappa shape index (κ1) is 16.4. The Morgan fingerprint density at radius 2 is 1.73 bits per heavy atom. The molecule has 0 amide bonds. The highest BCUT2D eigenvalue weighted by atomic mass is 32.2. The topological polar surface area (TPSA) is 26.3 Å². The van der Waals surface area contributed by atoms with Gasteiger partial charge in [0.25, 0.3) is 0 Å². The molecular formula is C19H20O2S. The first-order valence-electron chi connectivity index (χ1n) is 7.32. The van der Waals surface area contributed by atoms with Crippen LogP contribution in [0.4, 0.5) is 0 Å². The van der Waals surface area contributed by atoms with E-state index in [2.05, 4.69) is 6.58 Å². The van der Waals surface area contributed by atoms with Crippen molar-refractivity contribution >= 4 is 17.7 Å². The predicted octanol–water partition coefficient (Wildman–Crippen LogP) is 4.68. The summed E-state index contributed by atoms with van der Waals surface area (Å²) in [6.07, 6.45) is 1.83. The van der Waals surface area contributed by atoms with Crippen LogP contribution >= 0.6 is 11.8 Å². The van der Waals surface area contributed by atoms with Gasteiger partial charge in [0.1, 0.15) is 5.25 Å². The molecule has 2 nitrogen and oxygen atoms in total. The Bertz CT molecular complexity index is 595. The van der Waals surface area contributed by atoms with E-state index in [-0.39, 0.29) is 17.1 Å². The number of thioether (sulfide) groups is 1. The van der Waals surface area contributed by atoms with Crippen molar-refractivity contribution in [1.29, 1.82) is 0 Å². The Kier molecular flexibility index (Phi) is 6.28. The Morgan fingerprint density at radius 3 is 2.27 bits per heavy atom. The van der Waals surface area contributed by atoms with E-state index >= 15 is 0 Å². The lowest BCUT2D eigenvalue weighted by Gasteiger charge is -2.23. The third-order valence-corrected chi connectivity index (χ3v) is 4.57. The maximum Gasteiger partial charge on any atom is 0.320 e. The van der Waals surface area contributed by atoms with Gasteiger partial charge in [0.05, 0.1) is 6.61 Å². The third kappa shape index (κ3) is 4.25. The summed E-state index contributed by atoms with van der Waals surface area (Å²) in [4.78, 5) is 13.5. The van der Waals surface area contributed by atoms with Crippen molar-refractivity contribution in [1.82, 2.24) is 0 Å². The van der Waals surface area contributed by atoms with Gasteiger partial charge in [0, 0.05) is 10.8 Å². The van der Waals surface area contributed by atoms with Crippen molar-refractivity contribution in [2.45, 2.75) is 23.0 Å². The summed E-state index contributed by atoms with van der Waals surface area (Å²) in [5.41, 5.74) is 1.07. The zero-order valence-electron chi connectivity index (χ0n) is 12.6. The summed E-state index contributed by atoms with van der Waals surface area (Å²) in [5.74, 6) is -0.296. The van der Waals surface area contributed by atoms with E-state index in [0.717, 1.165) is 10.5 Å². The van der Waals surface area contributed by atoms with Gasteiger partial charge in [-0.2, -0.15) is 0 Å². The number of ether oxygens (including phenoxy) is 1. The van der Waals surface area contributed by atoms with E-state index in [1.54, 1.807) is 0 Å². The largest absolute Gasteiger partial charge is 0.465 e. The standard InChI is InChI=1S/C19H20O2S/c1-3-17(15-11-7-5-8-12-15)18(19(20)21-4-2)22-16-13-9-6-10-14-16/h3,5-14,17-18H,1,4H2,2H3/t17-,18-/m0/s1. The van der Waals surface area contributed by atoms with Crippen molar-refractivity contribution in [2.24, 2.45) is 0 Å². The Morgan fingerprint density at radius 1 is 1.14 bits per heavy atom. The zero-order valence-corrected chi connectivity index (χ0v) is 13.5. The monoisotopic (exact) mass is 312 g/mol. The van der Waals surface area contributed by atoms with Crippen molar-refractivity contribution in [3.63, 3.8) is 0 Å². The molecule has 0 unspecified atom stereocenters. The molecule has 2 rings (SSSR count). The van der Waals surface area contributed by atoms with Crippen LogP contribution in [0.5, 0.6) is 0 Å². The van der Waals surface area contributed by atoms with Gasteiger partial charge in [-0.1, -0.05) is 54.6 Å². The van der Waals surface area contributed by atoms with E-state index in [0.29, 0.717) is 6.61 Å². The number of carbonyl (C=O) groups excluding carboxylic acids is 1. The van der Waals surface area contributed by atoms with Gasteiger partial charge < -0.3 is 4.74 Å². The summed E-state index contributed by atoms with van der Waals surface area (Å²) >= 11 is 1.52. The minimum absolute atomic E-state index is 0.0922. The fourth-order valence-corrected chi connectivity index (χ4v) is 3.43. The van der Waals surface area contributed by atoms with E-state index < -0.39 is 0 Å². The smallest absolute Gasteiger partial charge is 0.320 e. The lowest BCUT2D eigenvalue weighted by molar-refractivity contribution is -0.142. The van der Waals surface area contributed by atoms with Crippen molar-refractivity contribution < 1.29 is 9.53 Å². The highest BCUT2D eigenvalue weighted by Crippen LogP contribution is 2.35. The molecule has 0 fully saturated rings. The Hall–Kier alpha value is -2.00. The predicted molar refractivity (Wildman–Crippen MR) is 92.1 cm³/mol. The molecule has 2 aromatic carbocycles. The summed E-state index contributed by atoms with van der Waals surface area (Å²) in [5, 5.41) is -0.345. The van der Waals surface area contributed by atoms with Crippen molar-refractivity contribution in [3.05, 3.63) is 78.9 Å². The minimum atomic E-state index is -0.345. The molecule has 3 heteroatoms. The maximum absolute atomic E-state index is 12.4. The molecule has 0 bridgehead atoms. The summed E-state index contributed by atoms with van der Waals surface area (Å²) < 4.78 is 5.27. The molecule has 0 N–H and O–H groups in total. The van der Waals surface area contributed by atoms with Gasteiger partial charge in [-0.25, -0.2) is 0 Å². The van der Waals surface area contributed by atoms with Crippen LogP contribution in [-0.2, 0) is 9.53 Å². The van der Waals surface area contributed by atoms with Gasteiger partial charge in [-0.05, 0) is 24.6 Å². The number of rotatable bonds is 7. The lowest BCUT2D eigenvalue weighted by Crippen LogP contribution is -2.26. The molecule has 0 aliphatic carbocycles. The van der Waals surface area contributed by atoms with E-state index in [1.807, 2.05) is 73.7 Å². The number of allylic oxidation sites excluding steroid dienone is 1. The Labute approximate surface area is 136 Å². The summed E-state index contributed by atoms with van der Waals surface area (Å²) in [7, 11) is 0. The van der Waals surface area contributed by atoms with Crippen LogP contribution in [-0.4, -0.2) is 17.8 Å². The third-order valence-electron chi connectivity index (χ3n) is 3.29. The molecule has 0 aliphatic heterocycles. The number of benzene rings is 2. The number of esters is 1. The second kappa shape index (κ2) is 8.44. The van der Waals surface area contributed by atoms with Gasteiger partial charge in [0.15, 0.2) is 0 Å². The molecule has 0 spiro atoms. The molecule has 0 heterocycles. The molecule has 114 valence electrons. The summed E-state index contributed by atoms with van der Waals surface area (Å²) in [6.45, 7) is 6.13. The van der Waals surface area contributed by atoms with E-state index in [9.17, 15) is 4.79 Å². The number of hydrogen-bond acceptors (Lipinski definition) is 3. The first-order chi connectivity index (χ1) is 10.8. The highest BCUT2D eigenvalue weighted by Gasteiger charge is 2.29. The molecule has 2 atom stereocenters. The van der Waals surface area contributed by atoms with Crippen LogP contribution < -0.4 is 0 Å². The fraction of sp³-hybridized carbons (Fsp3) is 0.211. The van der Waals surface area contributed by atoms with Crippen LogP contribution in [0.15, 0.2) is 78.2 Å². The molecule has 0 radical (unpaired) electrons. The van der Waals surface area contributed by atoms with Crippen LogP contribution in [0, 0.1) is 0 Å². The maximum atomic E-state index is 12.4. The second-order valence-corrected chi connectivity index (χ2v) is 5.99. The van der Waals surface area contributed by atoms with Gasteiger partial charge in [0.2, 0.25) is 0 Å².